The van der Waals surface area contributed by atoms with Crippen LogP contribution in [0.1, 0.15) is 245 Å². The van der Waals surface area contributed by atoms with E-state index in [1.165, 1.54) is 180 Å². The zero-order valence-corrected chi connectivity index (χ0v) is 35.0. The minimum absolute atomic E-state index is 0.0363. The molecule has 0 radical (unpaired) electrons. The van der Waals surface area contributed by atoms with Crippen molar-refractivity contribution in [3.8, 4) is 0 Å². The molecule has 0 bridgehead atoms. The predicted octanol–water partition coefficient (Wildman–Crippen LogP) is 13.4. The average Bonchev–Trinajstić information content (AvgIpc) is 3.14. The van der Waals surface area contributed by atoms with Crippen LogP contribution in [0.3, 0.4) is 0 Å². The van der Waals surface area contributed by atoms with Crippen molar-refractivity contribution in [3.05, 3.63) is 24.3 Å². The van der Waals surface area contributed by atoms with E-state index in [0.29, 0.717) is 12.8 Å². The first-order valence-corrected chi connectivity index (χ1v) is 23.1. The fourth-order valence-electron chi connectivity index (χ4n) is 7.20. The molecule has 0 heterocycles. The van der Waals surface area contributed by atoms with Crippen LogP contribution in [0.5, 0.6) is 0 Å². The predicted molar refractivity (Wildman–Crippen MR) is 227 cm³/mol. The molecule has 0 rings (SSSR count). The molecule has 0 fully saturated rings. The molecule has 0 aromatic heterocycles. The van der Waals surface area contributed by atoms with Crippen LogP contribution in [0.4, 0.5) is 0 Å². The highest BCUT2D eigenvalue weighted by Gasteiger charge is 2.21. The Morgan fingerprint density at radius 3 is 1.21 bits per heavy atom. The molecule has 0 spiro atoms. The molecule has 5 nitrogen and oxygen atoms in total. The number of aliphatic hydroxyl groups excluding tert-OH is 3. The van der Waals surface area contributed by atoms with Crippen molar-refractivity contribution in [1.29, 1.82) is 0 Å². The Hall–Kier alpha value is -1.17. The van der Waals surface area contributed by atoms with Gasteiger partial charge in [-0.3, -0.25) is 4.79 Å². The molecule has 3 atom stereocenters. The average molecular weight is 734 g/mol. The number of hydrogen-bond donors (Lipinski definition) is 4. The van der Waals surface area contributed by atoms with E-state index in [1.807, 2.05) is 0 Å². The van der Waals surface area contributed by atoms with E-state index >= 15 is 0 Å². The number of aliphatic hydroxyl groups is 3. The summed E-state index contributed by atoms with van der Waals surface area (Å²) in [5.74, 6) is -0.285. The summed E-state index contributed by atoms with van der Waals surface area (Å²) in [7, 11) is 0. The molecule has 1 amide bonds. The second-order valence-electron chi connectivity index (χ2n) is 16.0. The Labute approximate surface area is 324 Å². The van der Waals surface area contributed by atoms with Gasteiger partial charge in [-0.2, -0.15) is 0 Å². The standard InChI is InChI=1S/C47H91NO4/c1-3-5-7-9-11-13-15-16-17-18-19-20-21-22-23-24-25-26-27-28-29-30-31-32-34-36-38-40-44(50)42-47(52)48-45(43-49)46(51)41-39-37-35-33-14-12-10-8-6-4-2/h19-20,22-23,44-46,49-51H,3-18,21,24-43H2,1-2H3,(H,48,52)/b20-19-,23-22-. The lowest BCUT2D eigenvalue weighted by Gasteiger charge is -2.23. The largest absolute Gasteiger partial charge is 0.394 e. The number of amides is 1. The zero-order valence-electron chi connectivity index (χ0n) is 35.0. The number of hydrogen-bond acceptors (Lipinski definition) is 4. The highest BCUT2D eigenvalue weighted by molar-refractivity contribution is 5.76. The van der Waals surface area contributed by atoms with Gasteiger partial charge in [-0.15, -0.1) is 0 Å². The van der Waals surface area contributed by atoms with E-state index in [-0.39, 0.29) is 18.9 Å². The Balaban J connectivity index is 3.54. The Bertz CT molecular complexity index is 768. The van der Waals surface area contributed by atoms with Crippen LogP contribution in [-0.4, -0.2) is 46.1 Å². The maximum atomic E-state index is 12.4. The van der Waals surface area contributed by atoms with E-state index in [9.17, 15) is 20.1 Å². The normalized spacial score (nSPS) is 13.7. The van der Waals surface area contributed by atoms with Crippen molar-refractivity contribution in [1.82, 2.24) is 5.32 Å². The first kappa shape index (κ1) is 50.8. The molecule has 0 aliphatic carbocycles. The molecular weight excluding hydrogens is 643 g/mol. The number of carbonyl (C=O) groups is 1. The molecule has 4 N–H and O–H groups in total. The van der Waals surface area contributed by atoms with Crippen LogP contribution in [0.15, 0.2) is 24.3 Å². The van der Waals surface area contributed by atoms with E-state index in [0.717, 1.165) is 32.1 Å². The van der Waals surface area contributed by atoms with E-state index in [2.05, 4.69) is 43.5 Å². The summed E-state index contributed by atoms with van der Waals surface area (Å²) < 4.78 is 0. The fraction of sp³-hybridized carbons (Fsp3) is 0.894. The molecule has 308 valence electrons. The van der Waals surface area contributed by atoms with Gasteiger partial charge < -0.3 is 20.6 Å². The zero-order chi connectivity index (χ0) is 38.0. The molecule has 5 heteroatoms. The van der Waals surface area contributed by atoms with Gasteiger partial charge in [0.1, 0.15) is 0 Å². The van der Waals surface area contributed by atoms with Gasteiger partial charge in [0.05, 0.1) is 31.3 Å². The monoisotopic (exact) mass is 734 g/mol. The minimum atomic E-state index is -0.746. The molecule has 0 aromatic rings. The summed E-state index contributed by atoms with van der Waals surface area (Å²) >= 11 is 0. The quantitative estimate of drug-likeness (QED) is 0.0371. The highest BCUT2D eigenvalue weighted by Crippen LogP contribution is 2.16. The van der Waals surface area contributed by atoms with Crippen molar-refractivity contribution < 1.29 is 20.1 Å². The molecule has 0 saturated carbocycles. The first-order valence-electron chi connectivity index (χ1n) is 23.1. The summed E-state index contributed by atoms with van der Waals surface area (Å²) in [4.78, 5) is 12.4. The fourth-order valence-corrected chi connectivity index (χ4v) is 7.20. The van der Waals surface area contributed by atoms with Gasteiger partial charge in [-0.1, -0.05) is 218 Å². The molecule has 3 unspecified atom stereocenters. The van der Waals surface area contributed by atoms with Crippen LogP contribution in [0, 0.1) is 0 Å². The Kier molecular flexibility index (Phi) is 41.6. The van der Waals surface area contributed by atoms with Crippen molar-refractivity contribution in [2.75, 3.05) is 6.61 Å². The van der Waals surface area contributed by atoms with Gasteiger partial charge in [0, 0.05) is 0 Å². The molecule has 0 aliphatic heterocycles. The highest BCUT2D eigenvalue weighted by atomic mass is 16.3. The maximum Gasteiger partial charge on any atom is 0.222 e. The number of unbranched alkanes of at least 4 members (excludes halogenated alkanes) is 29. The van der Waals surface area contributed by atoms with Gasteiger partial charge in [0.15, 0.2) is 0 Å². The van der Waals surface area contributed by atoms with Crippen LogP contribution in [-0.2, 0) is 4.79 Å². The minimum Gasteiger partial charge on any atom is -0.394 e. The summed E-state index contributed by atoms with van der Waals surface area (Å²) in [5.41, 5.74) is 0. The van der Waals surface area contributed by atoms with Crippen LogP contribution >= 0.6 is 0 Å². The third-order valence-electron chi connectivity index (χ3n) is 10.8. The Morgan fingerprint density at radius 2 is 0.827 bits per heavy atom. The van der Waals surface area contributed by atoms with E-state index in [4.69, 9.17) is 0 Å². The van der Waals surface area contributed by atoms with Crippen LogP contribution < -0.4 is 5.32 Å². The molecule has 0 aromatic carbocycles. The second-order valence-corrected chi connectivity index (χ2v) is 16.0. The molecule has 52 heavy (non-hydrogen) atoms. The lowest BCUT2D eigenvalue weighted by atomic mass is 10.0. The molecular formula is C47H91NO4. The van der Waals surface area contributed by atoms with Crippen molar-refractivity contribution in [2.45, 2.75) is 263 Å². The third kappa shape index (κ3) is 38.6. The van der Waals surface area contributed by atoms with E-state index in [1.54, 1.807) is 0 Å². The molecule has 0 aliphatic rings. The van der Waals surface area contributed by atoms with E-state index < -0.39 is 18.2 Å². The SMILES string of the molecule is CCCCCCCCCCC/C=C\C/C=C\CCCCCCCCCCCCCC(O)CC(=O)NC(CO)C(O)CCCCCCCCCCCC. The third-order valence-corrected chi connectivity index (χ3v) is 10.8. The van der Waals surface area contributed by atoms with Gasteiger partial charge in [-0.05, 0) is 44.9 Å². The van der Waals surface area contributed by atoms with Gasteiger partial charge >= 0.3 is 0 Å². The van der Waals surface area contributed by atoms with Crippen LogP contribution in [0.2, 0.25) is 0 Å². The van der Waals surface area contributed by atoms with Gasteiger partial charge in [0.2, 0.25) is 5.91 Å². The lowest BCUT2D eigenvalue weighted by molar-refractivity contribution is -0.125. The second kappa shape index (κ2) is 42.6. The first-order chi connectivity index (χ1) is 25.5. The smallest absolute Gasteiger partial charge is 0.222 e. The maximum absolute atomic E-state index is 12.4. The molecule has 0 saturated heterocycles. The van der Waals surface area contributed by atoms with Crippen molar-refractivity contribution in [3.63, 3.8) is 0 Å². The Morgan fingerprint density at radius 1 is 0.481 bits per heavy atom. The summed E-state index contributed by atoms with van der Waals surface area (Å²) in [6.45, 7) is 4.25. The van der Waals surface area contributed by atoms with Crippen molar-refractivity contribution >= 4 is 5.91 Å². The summed E-state index contributed by atoms with van der Waals surface area (Å²) in [6.07, 6.45) is 51.6. The summed E-state index contributed by atoms with van der Waals surface area (Å²) in [6, 6.07) is -0.656. The topological polar surface area (TPSA) is 89.8 Å². The number of nitrogens with one attached hydrogen (secondary N) is 1. The number of carbonyl (C=O) groups excluding carboxylic acids is 1. The number of allylic oxidation sites excluding steroid dienone is 4. The van der Waals surface area contributed by atoms with Crippen LogP contribution in [0.25, 0.3) is 0 Å². The lowest BCUT2D eigenvalue weighted by Crippen LogP contribution is -2.46. The summed E-state index contributed by atoms with van der Waals surface area (Å²) in [5, 5.41) is 33.3. The van der Waals surface area contributed by atoms with Gasteiger partial charge in [0.25, 0.3) is 0 Å². The van der Waals surface area contributed by atoms with Crippen molar-refractivity contribution in [2.24, 2.45) is 0 Å². The van der Waals surface area contributed by atoms with Gasteiger partial charge in [-0.25, -0.2) is 0 Å². The number of rotatable bonds is 42.